The lowest BCUT2D eigenvalue weighted by atomic mass is 9.70. The number of carbonyl (C=O) groups is 1. The first-order valence-electron chi connectivity index (χ1n) is 5.94. The summed E-state index contributed by atoms with van der Waals surface area (Å²) in [6.07, 6.45) is 4.15. The van der Waals surface area contributed by atoms with E-state index in [-0.39, 0.29) is 24.2 Å². The molecule has 0 bridgehead atoms. The van der Waals surface area contributed by atoms with E-state index in [1.165, 1.54) is 7.11 Å². The topological polar surface area (TPSA) is 83.2 Å². The Morgan fingerprint density at radius 2 is 2.42 bits per heavy atom. The molecule has 0 aliphatic heterocycles. The lowest BCUT2D eigenvalue weighted by molar-refractivity contribution is -0.136. The Hall–Kier alpha value is -2.35. The van der Waals surface area contributed by atoms with E-state index in [9.17, 15) is 15.2 Å². The Kier molecular flexibility index (Phi) is 3.52. The van der Waals surface area contributed by atoms with E-state index in [2.05, 4.69) is 15.8 Å². The van der Waals surface area contributed by atoms with Crippen LogP contribution in [0.4, 0.5) is 0 Å². The van der Waals surface area contributed by atoms with Crippen LogP contribution >= 0.6 is 0 Å². The van der Waals surface area contributed by atoms with Crippen LogP contribution in [0.15, 0.2) is 35.9 Å². The summed E-state index contributed by atoms with van der Waals surface area (Å²) in [5, 5.41) is 19.3. The summed E-state index contributed by atoms with van der Waals surface area (Å²) in [6, 6.07) is 5.84. The number of ether oxygens (including phenoxy) is 1. The minimum absolute atomic E-state index is 0.0154. The summed E-state index contributed by atoms with van der Waals surface area (Å²) in [5.74, 6) is -0.567. The van der Waals surface area contributed by atoms with Gasteiger partial charge in [0.25, 0.3) is 0 Å². The van der Waals surface area contributed by atoms with E-state index in [0.717, 1.165) is 5.56 Å². The van der Waals surface area contributed by atoms with Crippen molar-refractivity contribution in [2.45, 2.75) is 24.7 Å². The SMILES string of the molecule is COC(=O)C1=C(O)CCC(C#N)(c2cccnc2)C1. The molecule has 1 heterocycles. The molecule has 0 saturated heterocycles. The standard InChI is InChI=1S/C14H14N2O3/c1-19-13(18)11-7-14(9-15,5-4-12(11)17)10-3-2-6-16-8-10/h2-3,6,8,17H,4-5,7H2,1H3. The largest absolute Gasteiger partial charge is 0.512 e. The Morgan fingerprint density at radius 3 is 3.00 bits per heavy atom. The average Bonchev–Trinajstić information content (AvgIpc) is 2.48. The number of nitrogens with zero attached hydrogens (tertiary/aromatic N) is 2. The molecule has 0 radical (unpaired) electrons. The molecule has 1 aliphatic carbocycles. The van der Waals surface area contributed by atoms with Gasteiger partial charge in [0, 0.05) is 25.2 Å². The van der Waals surface area contributed by atoms with E-state index in [4.69, 9.17) is 0 Å². The molecule has 19 heavy (non-hydrogen) atoms. The Labute approximate surface area is 111 Å². The molecule has 0 saturated carbocycles. The van der Waals surface area contributed by atoms with Gasteiger partial charge in [-0.3, -0.25) is 4.98 Å². The fraction of sp³-hybridized carbons (Fsp3) is 0.357. The summed E-state index contributed by atoms with van der Waals surface area (Å²) in [4.78, 5) is 15.7. The normalized spacial score (nSPS) is 22.7. The third kappa shape index (κ3) is 2.29. The number of esters is 1. The quantitative estimate of drug-likeness (QED) is 0.820. The Bertz CT molecular complexity index is 560. The predicted octanol–water partition coefficient (Wildman–Crippen LogP) is 2.01. The van der Waals surface area contributed by atoms with E-state index in [1.807, 2.05) is 6.07 Å². The molecule has 2 rings (SSSR count). The highest BCUT2D eigenvalue weighted by Gasteiger charge is 2.40. The van der Waals surface area contributed by atoms with Crippen LogP contribution in [0.3, 0.4) is 0 Å². The van der Waals surface area contributed by atoms with Gasteiger partial charge in [-0.15, -0.1) is 0 Å². The minimum Gasteiger partial charge on any atom is -0.512 e. The van der Waals surface area contributed by atoms with Crippen molar-refractivity contribution in [1.29, 1.82) is 5.26 Å². The summed E-state index contributed by atoms with van der Waals surface area (Å²) in [7, 11) is 1.26. The van der Waals surface area contributed by atoms with Crippen molar-refractivity contribution in [1.82, 2.24) is 4.98 Å². The molecule has 0 fully saturated rings. The first-order chi connectivity index (χ1) is 9.13. The number of hydrogen-bond donors (Lipinski definition) is 1. The number of allylic oxidation sites excluding steroid dienone is 1. The number of aliphatic hydroxyl groups is 1. The van der Waals surface area contributed by atoms with Gasteiger partial charge < -0.3 is 9.84 Å². The van der Waals surface area contributed by atoms with E-state index in [1.54, 1.807) is 18.5 Å². The van der Waals surface area contributed by atoms with Crippen LogP contribution in [0, 0.1) is 11.3 Å². The molecule has 0 spiro atoms. The van der Waals surface area contributed by atoms with Crippen molar-refractivity contribution in [3.63, 3.8) is 0 Å². The van der Waals surface area contributed by atoms with Crippen LogP contribution in [-0.2, 0) is 14.9 Å². The maximum absolute atomic E-state index is 11.6. The average molecular weight is 258 g/mol. The number of methoxy groups -OCH3 is 1. The van der Waals surface area contributed by atoms with Gasteiger partial charge in [0.2, 0.25) is 0 Å². The maximum atomic E-state index is 11.6. The highest BCUT2D eigenvalue weighted by Crippen LogP contribution is 2.41. The van der Waals surface area contributed by atoms with Crippen LogP contribution in [-0.4, -0.2) is 23.2 Å². The van der Waals surface area contributed by atoms with Gasteiger partial charge in [-0.1, -0.05) is 6.07 Å². The maximum Gasteiger partial charge on any atom is 0.337 e. The Balaban J connectivity index is 2.42. The first-order valence-corrected chi connectivity index (χ1v) is 5.94. The highest BCUT2D eigenvalue weighted by atomic mass is 16.5. The lowest BCUT2D eigenvalue weighted by Crippen LogP contribution is -2.31. The molecule has 0 amide bonds. The molecule has 1 unspecified atom stereocenters. The second-order valence-corrected chi connectivity index (χ2v) is 4.53. The van der Waals surface area contributed by atoms with Gasteiger partial charge in [0.1, 0.15) is 5.76 Å². The van der Waals surface area contributed by atoms with Crippen molar-refractivity contribution < 1.29 is 14.6 Å². The summed E-state index contributed by atoms with van der Waals surface area (Å²) < 4.78 is 4.65. The molecule has 98 valence electrons. The molecule has 1 atom stereocenters. The molecule has 0 aromatic carbocycles. The monoisotopic (exact) mass is 258 g/mol. The Morgan fingerprint density at radius 1 is 1.63 bits per heavy atom. The number of pyridine rings is 1. The van der Waals surface area contributed by atoms with Crippen LogP contribution < -0.4 is 0 Å². The molecule has 1 aromatic rings. The second kappa shape index (κ2) is 5.11. The molecular weight excluding hydrogens is 244 g/mol. The third-order valence-electron chi connectivity index (χ3n) is 3.48. The van der Waals surface area contributed by atoms with Gasteiger partial charge in [-0.05, 0) is 18.1 Å². The molecule has 5 nitrogen and oxygen atoms in total. The van der Waals surface area contributed by atoms with Gasteiger partial charge >= 0.3 is 5.97 Å². The van der Waals surface area contributed by atoms with Gasteiger partial charge in [-0.25, -0.2) is 4.79 Å². The molecule has 1 N–H and O–H groups in total. The highest BCUT2D eigenvalue weighted by molar-refractivity contribution is 5.89. The first kappa shape index (κ1) is 13.1. The van der Waals surface area contributed by atoms with Crippen molar-refractivity contribution >= 4 is 5.97 Å². The molecule has 1 aromatic heterocycles. The fourth-order valence-corrected chi connectivity index (χ4v) is 2.34. The number of nitriles is 1. The zero-order valence-corrected chi connectivity index (χ0v) is 10.6. The number of aliphatic hydroxyl groups excluding tert-OH is 1. The zero-order chi connectivity index (χ0) is 13.9. The smallest absolute Gasteiger partial charge is 0.337 e. The summed E-state index contributed by atoms with van der Waals surface area (Å²) in [6.45, 7) is 0. The second-order valence-electron chi connectivity index (χ2n) is 4.53. The van der Waals surface area contributed by atoms with Gasteiger partial charge in [0.05, 0.1) is 24.2 Å². The van der Waals surface area contributed by atoms with Crippen molar-refractivity contribution in [3.8, 4) is 6.07 Å². The molecular formula is C14H14N2O3. The van der Waals surface area contributed by atoms with Crippen LogP contribution in [0.5, 0.6) is 0 Å². The van der Waals surface area contributed by atoms with Gasteiger partial charge in [0.15, 0.2) is 0 Å². The number of aromatic nitrogens is 1. The summed E-state index contributed by atoms with van der Waals surface area (Å²) in [5.41, 5.74) is 0.106. The molecule has 5 heteroatoms. The molecule has 1 aliphatic rings. The minimum atomic E-state index is -0.829. The van der Waals surface area contributed by atoms with E-state index >= 15 is 0 Å². The number of hydrogen-bond acceptors (Lipinski definition) is 5. The van der Waals surface area contributed by atoms with E-state index < -0.39 is 11.4 Å². The lowest BCUT2D eigenvalue weighted by Gasteiger charge is -2.31. The van der Waals surface area contributed by atoms with E-state index in [0.29, 0.717) is 6.42 Å². The number of rotatable bonds is 2. The zero-order valence-electron chi connectivity index (χ0n) is 10.6. The van der Waals surface area contributed by atoms with Gasteiger partial charge in [-0.2, -0.15) is 5.26 Å². The predicted molar refractivity (Wildman–Crippen MR) is 67.0 cm³/mol. The fourth-order valence-electron chi connectivity index (χ4n) is 2.34. The van der Waals surface area contributed by atoms with Crippen LogP contribution in [0.1, 0.15) is 24.8 Å². The van der Waals surface area contributed by atoms with Crippen molar-refractivity contribution in [3.05, 3.63) is 41.4 Å². The van der Waals surface area contributed by atoms with Crippen molar-refractivity contribution in [2.75, 3.05) is 7.11 Å². The third-order valence-corrected chi connectivity index (χ3v) is 3.48. The summed E-state index contributed by atoms with van der Waals surface area (Å²) >= 11 is 0. The van der Waals surface area contributed by atoms with Crippen LogP contribution in [0.25, 0.3) is 0 Å². The van der Waals surface area contributed by atoms with Crippen LogP contribution in [0.2, 0.25) is 0 Å². The van der Waals surface area contributed by atoms with Crippen molar-refractivity contribution in [2.24, 2.45) is 0 Å². The number of carbonyl (C=O) groups excluding carboxylic acids is 1.